The number of aliphatic hydroxyl groups excluding tert-OH is 1. The molecule has 0 radical (unpaired) electrons. The van der Waals surface area contributed by atoms with E-state index in [2.05, 4.69) is 36.5 Å². The van der Waals surface area contributed by atoms with Crippen LogP contribution in [0.25, 0.3) is 10.4 Å². The molecule has 366 valence electrons. The topological polar surface area (TPSA) is 194 Å². The molecular weight excluding hydrogens is 918 g/mol. The molecular formula is C51H62ClN9O7S. The van der Waals surface area contributed by atoms with Crippen LogP contribution in [0, 0.1) is 23.7 Å². The predicted molar refractivity (Wildman–Crippen MR) is 263 cm³/mol. The molecule has 3 N–H and O–H groups in total. The molecule has 4 aliphatic heterocycles. The van der Waals surface area contributed by atoms with Crippen LogP contribution >= 0.6 is 22.9 Å². The number of fused-ring (bicyclic) bond motifs is 2. The van der Waals surface area contributed by atoms with Gasteiger partial charge in [-0.3, -0.25) is 24.1 Å². The number of halogens is 1. The molecule has 69 heavy (non-hydrogen) atoms. The van der Waals surface area contributed by atoms with Crippen molar-refractivity contribution in [1.29, 1.82) is 5.26 Å². The van der Waals surface area contributed by atoms with Crippen molar-refractivity contribution in [3.63, 3.8) is 0 Å². The summed E-state index contributed by atoms with van der Waals surface area (Å²) < 4.78 is 12.1. The molecule has 2 bridgehead atoms. The van der Waals surface area contributed by atoms with Crippen molar-refractivity contribution in [1.82, 2.24) is 35.3 Å². The molecule has 4 aromatic rings. The average molecular weight is 981 g/mol. The maximum absolute atomic E-state index is 14.1. The van der Waals surface area contributed by atoms with Crippen molar-refractivity contribution >= 4 is 52.3 Å². The van der Waals surface area contributed by atoms with Gasteiger partial charge in [0.2, 0.25) is 17.7 Å². The van der Waals surface area contributed by atoms with Gasteiger partial charge in [-0.15, -0.1) is 11.3 Å². The van der Waals surface area contributed by atoms with Crippen molar-refractivity contribution in [3.8, 4) is 22.3 Å². The second kappa shape index (κ2) is 21.6. The van der Waals surface area contributed by atoms with E-state index in [1.807, 2.05) is 81.4 Å². The molecule has 8 rings (SSSR count). The average Bonchev–Trinajstić information content (AvgIpc) is 4.03. The zero-order chi connectivity index (χ0) is 49.0. The van der Waals surface area contributed by atoms with Crippen LogP contribution in [0.3, 0.4) is 0 Å². The van der Waals surface area contributed by atoms with Gasteiger partial charge < -0.3 is 39.9 Å². The van der Waals surface area contributed by atoms with Crippen LogP contribution in [-0.2, 0) is 19.1 Å². The highest BCUT2D eigenvalue weighted by Gasteiger charge is 2.46. The van der Waals surface area contributed by atoms with Gasteiger partial charge in [-0.2, -0.15) is 5.26 Å². The van der Waals surface area contributed by atoms with E-state index in [1.54, 1.807) is 35.7 Å². The summed E-state index contributed by atoms with van der Waals surface area (Å²) in [5.41, 5.74) is 5.82. The summed E-state index contributed by atoms with van der Waals surface area (Å²) in [6.07, 6.45) is 4.24. The second-order valence-electron chi connectivity index (χ2n) is 19.7. The number of ether oxygens (including phenoxy) is 2. The number of aliphatic hydroxyl groups is 1. The number of aromatic nitrogens is 2. The van der Waals surface area contributed by atoms with Crippen molar-refractivity contribution in [3.05, 3.63) is 93.8 Å². The van der Waals surface area contributed by atoms with E-state index in [9.17, 15) is 29.5 Å². The van der Waals surface area contributed by atoms with E-state index in [1.165, 1.54) is 4.90 Å². The minimum atomic E-state index is -0.959. The number of nitrogens with zero attached hydrogens (tertiary/aromatic N) is 7. The molecule has 0 aliphatic carbocycles. The number of nitriles is 1. The number of anilines is 1. The summed E-state index contributed by atoms with van der Waals surface area (Å²) >= 11 is 7.80. The van der Waals surface area contributed by atoms with Gasteiger partial charge in [-0.25, -0.2) is 9.97 Å². The van der Waals surface area contributed by atoms with E-state index in [0.717, 1.165) is 79.2 Å². The molecule has 4 amide bonds. The van der Waals surface area contributed by atoms with Crippen LogP contribution in [0.4, 0.5) is 5.69 Å². The Morgan fingerprint density at radius 3 is 2.32 bits per heavy atom. The summed E-state index contributed by atoms with van der Waals surface area (Å²) in [6.45, 7) is 13.2. The zero-order valence-corrected chi connectivity index (χ0v) is 41.5. The van der Waals surface area contributed by atoms with E-state index >= 15 is 0 Å². The number of carbonyl (C=O) groups is 4. The van der Waals surface area contributed by atoms with E-state index in [0.29, 0.717) is 35.2 Å². The summed E-state index contributed by atoms with van der Waals surface area (Å²) in [5.74, 6) is -0.662. The lowest BCUT2D eigenvalue weighted by Crippen LogP contribution is -2.58. The number of pyridine rings is 1. The largest absolute Gasteiger partial charge is 0.490 e. The minimum absolute atomic E-state index is 0.0142. The first-order valence-electron chi connectivity index (χ1n) is 23.8. The Morgan fingerprint density at radius 1 is 0.971 bits per heavy atom. The molecule has 6 heterocycles. The predicted octanol–water partition coefficient (Wildman–Crippen LogP) is 5.76. The van der Waals surface area contributed by atoms with Crippen LogP contribution in [0.15, 0.2) is 66.3 Å². The van der Waals surface area contributed by atoms with Gasteiger partial charge in [0.1, 0.15) is 42.3 Å². The first-order chi connectivity index (χ1) is 33.1. The number of amides is 4. The minimum Gasteiger partial charge on any atom is -0.490 e. The molecule has 4 saturated heterocycles. The fourth-order valence-corrected chi connectivity index (χ4v) is 11.1. The quantitative estimate of drug-likeness (QED) is 0.122. The maximum atomic E-state index is 14.1. The number of likely N-dealkylation sites (tertiary alicyclic amines) is 1. The molecule has 0 spiro atoms. The molecule has 6 unspecified atom stereocenters. The number of rotatable bonds is 15. The number of nitrogens with one attached hydrogen (secondary N) is 2. The fourth-order valence-electron chi connectivity index (χ4n) is 10.0. The Kier molecular flexibility index (Phi) is 15.6. The van der Waals surface area contributed by atoms with Gasteiger partial charge in [0.25, 0.3) is 5.91 Å². The van der Waals surface area contributed by atoms with Crippen LogP contribution < -0.4 is 20.3 Å². The third-order valence-corrected chi connectivity index (χ3v) is 15.1. The Hall–Kier alpha value is -5.64. The molecule has 2 aromatic carbocycles. The van der Waals surface area contributed by atoms with E-state index in [-0.39, 0.29) is 55.6 Å². The third kappa shape index (κ3) is 11.7. The number of benzene rings is 2. The maximum Gasteiger partial charge on any atom is 0.272 e. The zero-order valence-electron chi connectivity index (χ0n) is 39.9. The van der Waals surface area contributed by atoms with Gasteiger partial charge >= 0.3 is 0 Å². The molecule has 6 atom stereocenters. The van der Waals surface area contributed by atoms with E-state index in [4.69, 9.17) is 21.1 Å². The smallest absolute Gasteiger partial charge is 0.272 e. The third-order valence-electron chi connectivity index (χ3n) is 13.8. The number of piperazine rings is 1. The Morgan fingerprint density at radius 2 is 1.70 bits per heavy atom. The van der Waals surface area contributed by atoms with Crippen LogP contribution in [0.2, 0.25) is 5.02 Å². The number of aryl methyl sites for hydroxylation is 1. The highest BCUT2D eigenvalue weighted by Crippen LogP contribution is 2.39. The lowest BCUT2D eigenvalue weighted by molar-refractivity contribution is -0.144. The van der Waals surface area contributed by atoms with Crippen molar-refractivity contribution in [2.24, 2.45) is 5.41 Å². The number of carbonyl (C=O) groups excluding carboxylic acids is 4. The summed E-state index contributed by atoms with van der Waals surface area (Å²) in [6, 6.07) is 16.8. The van der Waals surface area contributed by atoms with Crippen LogP contribution in [0.5, 0.6) is 5.75 Å². The fraction of sp³-hybridized carbons (Fsp3) is 0.510. The van der Waals surface area contributed by atoms with Crippen molar-refractivity contribution in [2.75, 3.05) is 57.4 Å². The molecule has 4 fully saturated rings. The lowest BCUT2D eigenvalue weighted by atomic mass is 9.85. The van der Waals surface area contributed by atoms with Crippen molar-refractivity contribution in [2.45, 2.75) is 109 Å². The monoisotopic (exact) mass is 979 g/mol. The molecule has 16 nitrogen and oxygen atoms in total. The van der Waals surface area contributed by atoms with E-state index < -0.39 is 35.4 Å². The standard InChI is InChI=1S/C51H62ClN9O7S/c1-31(33-6-8-34(9-7-33)46-32(2)55-30-69-46)56-48(64)44-24-39(62)28-60(44)50(66)47(51(3,4)5)57-45(63)29-67-21-20-58-16-18-59(19-17-58)38-13-15-43(54-27-38)49(65)61-36-11-12-37(61)23-41(22-36)68-40-14-10-35(26-53)42(52)25-40/h6-10,13-15,25,27,30-31,36-37,39,41,44,47,62H,11-12,16-24,28-29H2,1-5H3,(H,56,64)(H,57,63). The lowest BCUT2D eigenvalue weighted by Gasteiger charge is -2.39. The summed E-state index contributed by atoms with van der Waals surface area (Å²) in [7, 11) is 0. The Balaban J connectivity index is 0.756. The molecule has 4 aliphatic rings. The first kappa shape index (κ1) is 49.8. The van der Waals surface area contributed by atoms with Gasteiger partial charge in [-0.1, -0.05) is 56.6 Å². The summed E-state index contributed by atoms with van der Waals surface area (Å²) in [4.78, 5) is 72.8. The van der Waals surface area contributed by atoms with Gasteiger partial charge in [0.05, 0.1) is 57.3 Å². The normalized spacial score (nSPS) is 22.5. The SMILES string of the molecule is Cc1ncsc1-c1ccc(C(C)NC(=O)C2CC(O)CN2C(=O)C(NC(=O)COCCN2CCN(c3ccc(C(=O)N4C5CCC4CC(Oc4ccc(C#N)c(Cl)c4)C5)nc3)CC2)C(C)(C)C)cc1. The highest BCUT2D eigenvalue weighted by molar-refractivity contribution is 7.13. The van der Waals surface area contributed by atoms with Crippen LogP contribution in [-0.4, -0.2) is 142 Å². The second-order valence-corrected chi connectivity index (χ2v) is 21.0. The molecule has 0 saturated carbocycles. The highest BCUT2D eigenvalue weighted by atomic mass is 35.5. The number of hydrogen-bond acceptors (Lipinski definition) is 13. The van der Waals surface area contributed by atoms with Gasteiger partial charge in [0, 0.05) is 76.7 Å². The number of hydrogen-bond donors (Lipinski definition) is 3. The molecule has 18 heteroatoms. The Labute approximate surface area is 412 Å². The van der Waals surface area contributed by atoms with Crippen molar-refractivity contribution < 1.29 is 33.8 Å². The Bertz CT molecular complexity index is 2510. The van der Waals surface area contributed by atoms with Gasteiger partial charge in [0.15, 0.2) is 0 Å². The first-order valence-corrected chi connectivity index (χ1v) is 25.1. The van der Waals surface area contributed by atoms with Gasteiger partial charge in [-0.05, 0) is 67.5 Å². The van der Waals surface area contributed by atoms with Crippen LogP contribution in [0.1, 0.15) is 93.2 Å². The summed E-state index contributed by atoms with van der Waals surface area (Å²) in [5, 5.41) is 26.1. The number of thiazole rings is 1. The molecule has 2 aromatic heterocycles. The number of piperidine rings is 1. The number of β-amino-alcohol motifs (C(OH)–C–C–N with tert-alkyl or cyclic N) is 1.